The number of carboxylic acid groups (broad SMARTS) is 1. The maximum Gasteiger partial charge on any atom is 0.322 e. The fourth-order valence-electron chi connectivity index (χ4n) is 2.18. The second-order valence-corrected chi connectivity index (χ2v) is 7.24. The van der Waals surface area contributed by atoms with Crippen LogP contribution in [0.1, 0.15) is 15.9 Å². The van der Waals surface area contributed by atoms with Crippen molar-refractivity contribution in [3.8, 4) is 0 Å². The van der Waals surface area contributed by atoms with E-state index in [1.807, 2.05) is 0 Å². The molecule has 0 aromatic heterocycles. The van der Waals surface area contributed by atoms with Crippen LogP contribution in [0.25, 0.3) is 0 Å². The van der Waals surface area contributed by atoms with E-state index in [2.05, 4.69) is 10.0 Å². The van der Waals surface area contributed by atoms with E-state index >= 15 is 0 Å². The van der Waals surface area contributed by atoms with Crippen LogP contribution in [0.2, 0.25) is 0 Å². The highest BCUT2D eigenvalue weighted by atomic mass is 32.2. The van der Waals surface area contributed by atoms with Gasteiger partial charge in [0.05, 0.1) is 4.92 Å². The second kappa shape index (κ2) is 8.00. The summed E-state index contributed by atoms with van der Waals surface area (Å²) in [5.41, 5.74) is -0.746. The molecule has 3 N–H and O–H groups in total. The lowest BCUT2D eigenvalue weighted by molar-refractivity contribution is -0.385. The fraction of sp³-hybridized carbons (Fsp3) is 0.125. The summed E-state index contributed by atoms with van der Waals surface area (Å²) in [5, 5.41) is 21.5. The third kappa shape index (κ3) is 4.79. The fourth-order valence-corrected chi connectivity index (χ4v) is 3.41. The van der Waals surface area contributed by atoms with Crippen LogP contribution in [0.3, 0.4) is 0 Å². The third-order valence-corrected chi connectivity index (χ3v) is 4.89. The number of nitro groups is 1. The maximum absolute atomic E-state index is 14.2. The number of non-ortho nitro benzene ring substituents is 1. The highest BCUT2D eigenvalue weighted by Crippen LogP contribution is 2.26. The summed E-state index contributed by atoms with van der Waals surface area (Å²) in [6, 6.07) is 6.39. The molecule has 1 amide bonds. The van der Waals surface area contributed by atoms with Crippen LogP contribution < -0.4 is 10.0 Å². The molecule has 12 heteroatoms. The van der Waals surface area contributed by atoms with Gasteiger partial charge in [-0.2, -0.15) is 0 Å². The Labute approximate surface area is 158 Å². The van der Waals surface area contributed by atoms with Crippen LogP contribution >= 0.6 is 0 Å². The number of anilines is 1. The van der Waals surface area contributed by atoms with Crippen molar-refractivity contribution in [3.63, 3.8) is 0 Å². The number of nitrogens with zero attached hydrogens (tertiary/aromatic N) is 1. The molecule has 2 aromatic rings. The van der Waals surface area contributed by atoms with Crippen molar-refractivity contribution in [1.82, 2.24) is 5.32 Å². The normalized spacial score (nSPS) is 10.9. The number of nitro benzene ring substituents is 1. The number of halogens is 1. The monoisotopic (exact) mass is 411 g/mol. The van der Waals surface area contributed by atoms with Crippen LogP contribution in [-0.2, 0) is 14.8 Å². The summed E-state index contributed by atoms with van der Waals surface area (Å²) < 4.78 is 41.1. The molecule has 2 rings (SSSR count). The van der Waals surface area contributed by atoms with Crippen molar-refractivity contribution >= 4 is 33.3 Å². The number of aliphatic carboxylic acids is 1. The molecule has 28 heavy (non-hydrogen) atoms. The first-order valence-corrected chi connectivity index (χ1v) is 9.07. The Morgan fingerprint density at radius 2 is 1.82 bits per heavy atom. The number of sulfonamides is 1. The molecular formula is C16H14FN3O7S. The van der Waals surface area contributed by atoms with Gasteiger partial charge in [0.2, 0.25) is 0 Å². The van der Waals surface area contributed by atoms with Gasteiger partial charge in [-0.05, 0) is 36.8 Å². The molecule has 0 aliphatic heterocycles. The number of carboxylic acids is 1. The molecule has 0 bridgehead atoms. The van der Waals surface area contributed by atoms with E-state index in [1.54, 1.807) is 0 Å². The third-order valence-electron chi connectivity index (χ3n) is 3.51. The van der Waals surface area contributed by atoms with Gasteiger partial charge in [-0.15, -0.1) is 0 Å². The molecule has 0 spiro atoms. The van der Waals surface area contributed by atoms with E-state index in [9.17, 15) is 32.5 Å². The van der Waals surface area contributed by atoms with Crippen LogP contribution in [0.5, 0.6) is 0 Å². The lowest BCUT2D eigenvalue weighted by Gasteiger charge is -2.11. The molecule has 0 unspecified atom stereocenters. The first kappa shape index (κ1) is 20.8. The van der Waals surface area contributed by atoms with Gasteiger partial charge < -0.3 is 10.4 Å². The summed E-state index contributed by atoms with van der Waals surface area (Å²) in [6.07, 6.45) is 0. The lowest BCUT2D eigenvalue weighted by atomic mass is 10.2. The van der Waals surface area contributed by atoms with E-state index in [4.69, 9.17) is 5.11 Å². The zero-order valence-electron chi connectivity index (χ0n) is 14.3. The SMILES string of the molecule is Cc1cc([N+](=O)[O-])cc(S(=O)(=O)Nc2ccc(C(=O)NCC(=O)O)cc2)c1F. The van der Waals surface area contributed by atoms with Crippen molar-refractivity contribution < 1.29 is 32.4 Å². The summed E-state index contributed by atoms with van der Waals surface area (Å²) >= 11 is 0. The first-order valence-electron chi connectivity index (χ1n) is 7.58. The number of carbonyl (C=O) groups excluding carboxylic acids is 1. The molecule has 0 heterocycles. The van der Waals surface area contributed by atoms with Crippen molar-refractivity contribution in [2.24, 2.45) is 0 Å². The first-order chi connectivity index (χ1) is 13.0. The molecule has 0 fully saturated rings. The van der Waals surface area contributed by atoms with Gasteiger partial charge >= 0.3 is 5.97 Å². The molecule has 148 valence electrons. The average molecular weight is 411 g/mol. The Morgan fingerprint density at radius 1 is 1.21 bits per heavy atom. The number of benzene rings is 2. The van der Waals surface area contributed by atoms with E-state index in [1.165, 1.54) is 31.2 Å². The van der Waals surface area contributed by atoms with Crippen molar-refractivity contribution in [3.05, 3.63) is 63.5 Å². The van der Waals surface area contributed by atoms with Gasteiger partial charge in [0, 0.05) is 23.4 Å². The molecule has 0 saturated carbocycles. The van der Waals surface area contributed by atoms with Gasteiger partial charge in [-0.1, -0.05) is 0 Å². The van der Waals surface area contributed by atoms with Gasteiger partial charge in [0.15, 0.2) is 0 Å². The lowest BCUT2D eigenvalue weighted by Crippen LogP contribution is -2.29. The Kier molecular flexibility index (Phi) is 5.93. The summed E-state index contributed by atoms with van der Waals surface area (Å²) in [4.78, 5) is 31.3. The van der Waals surface area contributed by atoms with E-state index in [0.29, 0.717) is 6.07 Å². The smallest absolute Gasteiger partial charge is 0.322 e. The van der Waals surface area contributed by atoms with Crippen molar-refractivity contribution in [2.45, 2.75) is 11.8 Å². The maximum atomic E-state index is 14.2. The van der Waals surface area contributed by atoms with E-state index in [0.717, 1.165) is 6.07 Å². The topological polar surface area (TPSA) is 156 Å². The van der Waals surface area contributed by atoms with Crippen LogP contribution in [-0.4, -0.2) is 36.9 Å². The Hall–Kier alpha value is -3.54. The predicted molar refractivity (Wildman–Crippen MR) is 95.0 cm³/mol. The summed E-state index contributed by atoms with van der Waals surface area (Å²) in [6.45, 7) is 0.616. The number of carbonyl (C=O) groups is 2. The van der Waals surface area contributed by atoms with Crippen molar-refractivity contribution in [2.75, 3.05) is 11.3 Å². The number of hydrogen-bond acceptors (Lipinski definition) is 6. The molecule has 0 saturated heterocycles. The Balaban J connectivity index is 2.27. The summed E-state index contributed by atoms with van der Waals surface area (Å²) in [5.74, 6) is -3.04. The largest absolute Gasteiger partial charge is 0.480 e. The second-order valence-electron chi connectivity index (χ2n) is 5.59. The molecule has 2 aromatic carbocycles. The van der Waals surface area contributed by atoms with Crippen molar-refractivity contribution in [1.29, 1.82) is 0 Å². The predicted octanol–water partition coefficient (Wildman–Crippen LogP) is 1.66. The minimum absolute atomic E-state index is 0.0293. The highest BCUT2D eigenvalue weighted by molar-refractivity contribution is 7.92. The van der Waals surface area contributed by atoms with Crippen LogP contribution in [0.15, 0.2) is 41.3 Å². The summed E-state index contributed by atoms with van der Waals surface area (Å²) in [7, 11) is -4.48. The number of nitrogens with one attached hydrogen (secondary N) is 2. The molecule has 0 atom stereocenters. The Morgan fingerprint density at radius 3 is 2.36 bits per heavy atom. The highest BCUT2D eigenvalue weighted by Gasteiger charge is 2.25. The standard InChI is InChI=1S/C16H14FN3O7S/c1-9-6-12(20(24)25)7-13(15(9)17)28(26,27)19-11-4-2-10(3-5-11)16(23)18-8-14(21)22/h2-7,19H,8H2,1H3,(H,18,23)(H,21,22). The molecule has 10 nitrogen and oxygen atoms in total. The van der Waals surface area contributed by atoms with Gasteiger partial charge in [-0.25, -0.2) is 12.8 Å². The zero-order valence-corrected chi connectivity index (χ0v) is 15.1. The molecular weight excluding hydrogens is 397 g/mol. The minimum Gasteiger partial charge on any atom is -0.480 e. The van der Waals surface area contributed by atoms with Gasteiger partial charge in [-0.3, -0.25) is 24.4 Å². The van der Waals surface area contributed by atoms with Crippen LogP contribution in [0.4, 0.5) is 15.8 Å². The number of rotatable bonds is 7. The van der Waals surface area contributed by atoms with Crippen LogP contribution in [0, 0.1) is 22.9 Å². The van der Waals surface area contributed by atoms with E-state index in [-0.39, 0.29) is 16.8 Å². The number of aryl methyl sites for hydroxylation is 1. The molecule has 0 aliphatic carbocycles. The molecule has 0 radical (unpaired) electrons. The zero-order chi connectivity index (χ0) is 21.1. The number of amides is 1. The van der Waals surface area contributed by atoms with Gasteiger partial charge in [0.1, 0.15) is 17.3 Å². The Bertz CT molecular complexity index is 1050. The molecule has 0 aliphatic rings. The van der Waals surface area contributed by atoms with Gasteiger partial charge in [0.25, 0.3) is 21.6 Å². The minimum atomic E-state index is -4.48. The van der Waals surface area contributed by atoms with E-state index < -0.39 is 49.8 Å². The number of hydrogen-bond donors (Lipinski definition) is 3. The average Bonchev–Trinajstić information content (AvgIpc) is 2.61. The quantitative estimate of drug-likeness (QED) is 0.462.